The lowest BCUT2D eigenvalue weighted by molar-refractivity contribution is -0.148. The zero-order valence-corrected chi connectivity index (χ0v) is 14.4. The van der Waals surface area contributed by atoms with Crippen LogP contribution in [0.5, 0.6) is 0 Å². The first-order valence-corrected chi connectivity index (χ1v) is 8.42. The van der Waals surface area contributed by atoms with Gasteiger partial charge in [-0.1, -0.05) is 0 Å². The molecule has 2 aliphatic heterocycles. The van der Waals surface area contributed by atoms with Gasteiger partial charge >= 0.3 is 6.18 Å². The smallest absolute Gasteiger partial charge is 0.366 e. The third-order valence-corrected chi connectivity index (χ3v) is 4.83. The van der Waals surface area contributed by atoms with E-state index in [0.717, 1.165) is 19.2 Å². The number of hydrogen-bond acceptors (Lipinski definition) is 4. The van der Waals surface area contributed by atoms with Crippen LogP contribution < -0.4 is 0 Å². The molecule has 140 valence electrons. The van der Waals surface area contributed by atoms with E-state index in [1.54, 1.807) is 16.5 Å². The molecule has 25 heavy (non-hydrogen) atoms. The molecule has 0 aromatic carbocycles. The molecule has 9 heteroatoms. The Morgan fingerprint density at radius 2 is 2.20 bits per heavy atom. The lowest BCUT2D eigenvalue weighted by atomic mass is 9.98. The van der Waals surface area contributed by atoms with E-state index in [4.69, 9.17) is 4.74 Å². The van der Waals surface area contributed by atoms with Crippen molar-refractivity contribution in [1.82, 2.24) is 19.4 Å². The van der Waals surface area contributed by atoms with Crippen LogP contribution in [0.4, 0.5) is 13.2 Å². The van der Waals surface area contributed by atoms with E-state index in [1.165, 1.54) is 0 Å². The Kier molecular flexibility index (Phi) is 5.06. The van der Waals surface area contributed by atoms with Crippen molar-refractivity contribution >= 4 is 5.91 Å². The monoisotopic (exact) mass is 360 g/mol. The molecule has 0 radical (unpaired) electrons. The Hall–Kier alpha value is -1.61. The quantitative estimate of drug-likeness (QED) is 0.814. The van der Waals surface area contributed by atoms with Crippen LogP contribution in [0.1, 0.15) is 17.9 Å². The van der Waals surface area contributed by atoms with Crippen molar-refractivity contribution in [2.75, 3.05) is 40.3 Å². The number of carbonyl (C=O) groups is 1. The number of fused-ring (bicyclic) bond motifs is 1. The van der Waals surface area contributed by atoms with E-state index in [2.05, 4.69) is 9.88 Å². The van der Waals surface area contributed by atoms with Crippen molar-refractivity contribution < 1.29 is 22.7 Å². The van der Waals surface area contributed by atoms with Crippen LogP contribution in [-0.2, 0) is 28.7 Å². The summed E-state index contributed by atoms with van der Waals surface area (Å²) in [5.41, 5.74) is -0.841. The van der Waals surface area contributed by atoms with Gasteiger partial charge in [-0.15, -0.1) is 0 Å². The predicted molar refractivity (Wildman–Crippen MR) is 83.9 cm³/mol. The van der Waals surface area contributed by atoms with Crippen LogP contribution in [0.15, 0.2) is 6.20 Å². The molecule has 0 N–H and O–H groups in total. The molecule has 1 amide bonds. The maximum absolute atomic E-state index is 12.8. The molecule has 1 aromatic rings. The van der Waals surface area contributed by atoms with E-state index in [-0.39, 0.29) is 11.8 Å². The maximum Gasteiger partial charge on any atom is 0.434 e. The summed E-state index contributed by atoms with van der Waals surface area (Å²) in [5.74, 6) is 0.506. The summed E-state index contributed by atoms with van der Waals surface area (Å²) in [7, 11) is 3.67. The normalized spacial score (nSPS) is 24.8. The van der Waals surface area contributed by atoms with Crippen molar-refractivity contribution in [3.05, 3.63) is 17.7 Å². The molecule has 0 saturated carbocycles. The number of hydrogen-bond donors (Lipinski definition) is 0. The molecule has 0 spiro atoms. The topological polar surface area (TPSA) is 50.6 Å². The van der Waals surface area contributed by atoms with Crippen molar-refractivity contribution in [3.8, 4) is 0 Å². The van der Waals surface area contributed by atoms with Gasteiger partial charge in [0.05, 0.1) is 6.61 Å². The number of likely N-dealkylation sites (N-methyl/N-ethyl adjacent to an activating group) is 2. The Labute approximate surface area is 144 Å². The molecule has 3 heterocycles. The molecule has 3 rings (SSSR count). The number of rotatable bonds is 3. The standard InChI is InChI=1S/C16H23F3N4O2/c1-21-5-6-25-12(9-21)15(24)22(2)7-11-3-4-14-20-13(16(17,18)19)10-23(14)8-11/h10-12H,3-9H2,1-2H3. The summed E-state index contributed by atoms with van der Waals surface area (Å²) in [6.07, 6.45) is -2.60. The van der Waals surface area contributed by atoms with Gasteiger partial charge in [0.15, 0.2) is 5.69 Å². The Morgan fingerprint density at radius 3 is 2.88 bits per heavy atom. The zero-order chi connectivity index (χ0) is 18.2. The second-order valence-corrected chi connectivity index (χ2v) is 6.94. The minimum Gasteiger partial charge on any atom is -0.366 e. The van der Waals surface area contributed by atoms with Gasteiger partial charge < -0.3 is 19.1 Å². The van der Waals surface area contributed by atoms with Gasteiger partial charge in [0.2, 0.25) is 0 Å². The van der Waals surface area contributed by atoms with Crippen LogP contribution in [0.25, 0.3) is 0 Å². The molecular formula is C16H23F3N4O2. The van der Waals surface area contributed by atoms with Crippen molar-refractivity contribution in [3.63, 3.8) is 0 Å². The zero-order valence-electron chi connectivity index (χ0n) is 14.4. The summed E-state index contributed by atoms with van der Waals surface area (Å²) in [5, 5.41) is 0. The number of imidazole rings is 1. The number of aryl methyl sites for hydroxylation is 1. The molecule has 1 saturated heterocycles. The van der Waals surface area contributed by atoms with Gasteiger partial charge in [-0.3, -0.25) is 4.79 Å². The fourth-order valence-corrected chi connectivity index (χ4v) is 3.45. The average molecular weight is 360 g/mol. The van der Waals surface area contributed by atoms with Crippen molar-refractivity contribution in [2.45, 2.75) is 31.7 Å². The van der Waals surface area contributed by atoms with Gasteiger partial charge in [-0.2, -0.15) is 13.2 Å². The number of nitrogens with zero attached hydrogens (tertiary/aromatic N) is 4. The maximum atomic E-state index is 12.8. The lowest BCUT2D eigenvalue weighted by Gasteiger charge is -2.33. The first-order chi connectivity index (χ1) is 11.7. The summed E-state index contributed by atoms with van der Waals surface area (Å²) in [6.45, 7) is 2.85. The van der Waals surface area contributed by atoms with Crippen LogP contribution in [-0.4, -0.2) is 71.7 Å². The molecular weight excluding hydrogens is 337 g/mol. The molecule has 6 nitrogen and oxygen atoms in total. The minimum atomic E-state index is -4.42. The molecule has 0 bridgehead atoms. The second-order valence-electron chi connectivity index (χ2n) is 6.94. The number of alkyl halides is 3. The number of halogens is 3. The van der Waals surface area contributed by atoms with Crippen LogP contribution in [0.3, 0.4) is 0 Å². The number of carbonyl (C=O) groups excluding carboxylic acids is 1. The molecule has 2 unspecified atom stereocenters. The summed E-state index contributed by atoms with van der Waals surface area (Å²) in [4.78, 5) is 19.9. The highest BCUT2D eigenvalue weighted by Gasteiger charge is 2.36. The van der Waals surface area contributed by atoms with E-state index in [1.807, 2.05) is 7.05 Å². The third-order valence-electron chi connectivity index (χ3n) is 4.83. The van der Waals surface area contributed by atoms with E-state index >= 15 is 0 Å². The van der Waals surface area contributed by atoms with Crippen LogP contribution in [0.2, 0.25) is 0 Å². The van der Waals surface area contributed by atoms with E-state index in [0.29, 0.717) is 38.5 Å². The first kappa shape index (κ1) is 18.2. The van der Waals surface area contributed by atoms with E-state index in [9.17, 15) is 18.0 Å². The molecule has 1 aromatic heterocycles. The summed E-state index contributed by atoms with van der Waals surface area (Å²) in [6, 6.07) is 0. The Bertz CT molecular complexity index is 631. The van der Waals surface area contributed by atoms with E-state index < -0.39 is 18.0 Å². The van der Waals surface area contributed by atoms with Crippen molar-refractivity contribution in [2.24, 2.45) is 5.92 Å². The lowest BCUT2D eigenvalue weighted by Crippen LogP contribution is -2.50. The molecule has 1 fully saturated rings. The Morgan fingerprint density at radius 1 is 1.44 bits per heavy atom. The predicted octanol–water partition coefficient (Wildman–Crippen LogP) is 1.25. The van der Waals surface area contributed by atoms with Gasteiger partial charge in [0.1, 0.15) is 11.9 Å². The van der Waals surface area contributed by atoms with Crippen molar-refractivity contribution in [1.29, 1.82) is 0 Å². The van der Waals surface area contributed by atoms with Crippen LogP contribution in [0, 0.1) is 5.92 Å². The fourth-order valence-electron chi connectivity index (χ4n) is 3.45. The SMILES string of the molecule is CN1CCOC(C(=O)N(C)CC2CCc3nc(C(F)(F)F)cn3C2)C1. The number of aromatic nitrogens is 2. The van der Waals surface area contributed by atoms with Gasteiger partial charge in [0.25, 0.3) is 5.91 Å². The number of morpholine rings is 1. The highest BCUT2D eigenvalue weighted by molar-refractivity contribution is 5.81. The Balaban J connectivity index is 1.59. The highest BCUT2D eigenvalue weighted by Crippen LogP contribution is 2.30. The van der Waals surface area contributed by atoms with Gasteiger partial charge in [-0.25, -0.2) is 4.98 Å². The molecule has 0 aliphatic carbocycles. The third kappa shape index (κ3) is 4.14. The highest BCUT2D eigenvalue weighted by atomic mass is 19.4. The largest absolute Gasteiger partial charge is 0.434 e. The number of amides is 1. The average Bonchev–Trinajstić information content (AvgIpc) is 2.97. The minimum absolute atomic E-state index is 0.0704. The second kappa shape index (κ2) is 6.95. The summed E-state index contributed by atoms with van der Waals surface area (Å²) >= 11 is 0. The molecule has 2 atom stereocenters. The first-order valence-electron chi connectivity index (χ1n) is 8.42. The fraction of sp³-hybridized carbons (Fsp3) is 0.750. The van der Waals surface area contributed by atoms with Gasteiger partial charge in [-0.05, 0) is 19.4 Å². The van der Waals surface area contributed by atoms with Gasteiger partial charge in [0, 0.05) is 45.8 Å². The number of ether oxygens (including phenoxy) is 1. The molecule has 2 aliphatic rings. The summed E-state index contributed by atoms with van der Waals surface area (Å²) < 4.78 is 45.4. The van der Waals surface area contributed by atoms with Crippen LogP contribution >= 0.6 is 0 Å².